The maximum atomic E-state index is 5.99. The fourth-order valence-electron chi connectivity index (χ4n) is 2.58. The Morgan fingerprint density at radius 3 is 2.50 bits per heavy atom. The van der Waals surface area contributed by atoms with E-state index in [1.165, 1.54) is 38.8 Å². The second kappa shape index (κ2) is 5.91. The maximum absolute atomic E-state index is 5.99. The lowest BCUT2D eigenvalue weighted by molar-refractivity contribution is 0.131. The van der Waals surface area contributed by atoms with E-state index in [0.29, 0.717) is 6.04 Å². The maximum Gasteiger partial charge on any atom is 0.0111 e. The largest absolute Gasteiger partial charge is 0.328 e. The third kappa shape index (κ3) is 3.09. The monoisotopic (exact) mass is 219 g/mol. The molecule has 84 valence electrons. The zero-order valence-electron chi connectivity index (χ0n) is 8.74. The number of rotatable bonds is 1. The molecule has 0 aromatic rings. The van der Waals surface area contributed by atoms with Gasteiger partial charge in [-0.3, -0.25) is 4.90 Å². The van der Waals surface area contributed by atoms with Crippen LogP contribution in [0.5, 0.6) is 0 Å². The highest BCUT2D eigenvalue weighted by Crippen LogP contribution is 2.21. The van der Waals surface area contributed by atoms with Crippen LogP contribution in [0.3, 0.4) is 0 Å². The first-order valence-corrected chi connectivity index (χ1v) is 5.56. The third-order valence-electron chi connectivity index (χ3n) is 3.36. The van der Waals surface area contributed by atoms with Crippen molar-refractivity contribution in [1.82, 2.24) is 10.2 Å². The van der Waals surface area contributed by atoms with Gasteiger partial charge in [0.15, 0.2) is 0 Å². The van der Waals surface area contributed by atoms with Gasteiger partial charge in [-0.1, -0.05) is 6.42 Å². The van der Waals surface area contributed by atoms with Gasteiger partial charge >= 0.3 is 0 Å². The van der Waals surface area contributed by atoms with Gasteiger partial charge in [-0.15, -0.1) is 12.4 Å². The lowest BCUT2D eigenvalue weighted by Crippen LogP contribution is -2.51. The Balaban J connectivity index is 0.000000980. The van der Waals surface area contributed by atoms with Gasteiger partial charge in [0.05, 0.1) is 0 Å². The third-order valence-corrected chi connectivity index (χ3v) is 3.36. The predicted octanol–water partition coefficient (Wildman–Crippen LogP) is 0.583. The molecule has 4 heteroatoms. The topological polar surface area (TPSA) is 41.3 Å². The number of nitrogens with one attached hydrogen (secondary N) is 1. The zero-order valence-corrected chi connectivity index (χ0v) is 9.56. The average Bonchev–Trinajstić information content (AvgIpc) is 2.19. The quantitative estimate of drug-likeness (QED) is 0.678. The lowest BCUT2D eigenvalue weighted by atomic mass is 9.90. The van der Waals surface area contributed by atoms with E-state index in [9.17, 15) is 0 Å². The van der Waals surface area contributed by atoms with Crippen molar-refractivity contribution >= 4 is 12.4 Å². The van der Waals surface area contributed by atoms with Gasteiger partial charge in [-0.25, -0.2) is 0 Å². The van der Waals surface area contributed by atoms with Crippen molar-refractivity contribution < 1.29 is 0 Å². The molecule has 2 rings (SSSR count). The summed E-state index contributed by atoms with van der Waals surface area (Å²) >= 11 is 0. The molecular weight excluding hydrogens is 198 g/mol. The smallest absolute Gasteiger partial charge is 0.0111 e. The highest BCUT2D eigenvalue weighted by Gasteiger charge is 2.25. The minimum absolute atomic E-state index is 0. The van der Waals surface area contributed by atoms with E-state index in [1.54, 1.807) is 0 Å². The molecule has 1 saturated carbocycles. The van der Waals surface area contributed by atoms with Crippen LogP contribution in [-0.4, -0.2) is 43.2 Å². The number of halogens is 1. The van der Waals surface area contributed by atoms with Crippen LogP contribution in [0, 0.1) is 0 Å². The number of hydrogen-bond acceptors (Lipinski definition) is 3. The Labute approximate surface area is 92.8 Å². The normalized spacial score (nSPS) is 34.9. The summed E-state index contributed by atoms with van der Waals surface area (Å²) in [4.78, 5) is 2.62. The minimum Gasteiger partial charge on any atom is -0.328 e. The average molecular weight is 220 g/mol. The van der Waals surface area contributed by atoms with Crippen LogP contribution in [-0.2, 0) is 0 Å². The number of hydrogen-bond donors (Lipinski definition) is 2. The molecule has 1 aliphatic heterocycles. The molecule has 3 N–H and O–H groups in total. The van der Waals surface area contributed by atoms with Gasteiger partial charge in [0.25, 0.3) is 0 Å². The molecule has 1 saturated heterocycles. The van der Waals surface area contributed by atoms with Gasteiger partial charge in [0.2, 0.25) is 0 Å². The molecule has 3 nitrogen and oxygen atoms in total. The first kappa shape index (κ1) is 12.2. The van der Waals surface area contributed by atoms with Gasteiger partial charge < -0.3 is 11.1 Å². The second-order valence-electron chi connectivity index (χ2n) is 4.37. The van der Waals surface area contributed by atoms with Crippen LogP contribution in [0.15, 0.2) is 0 Å². The van der Waals surface area contributed by atoms with E-state index in [-0.39, 0.29) is 12.4 Å². The van der Waals surface area contributed by atoms with E-state index in [1.807, 2.05) is 0 Å². The predicted molar refractivity (Wildman–Crippen MR) is 61.9 cm³/mol. The van der Waals surface area contributed by atoms with Crippen molar-refractivity contribution in [1.29, 1.82) is 0 Å². The summed E-state index contributed by atoms with van der Waals surface area (Å²) in [7, 11) is 0. The van der Waals surface area contributed by atoms with Gasteiger partial charge in [-0.05, 0) is 19.3 Å². The van der Waals surface area contributed by atoms with E-state index >= 15 is 0 Å². The van der Waals surface area contributed by atoms with Gasteiger partial charge in [0.1, 0.15) is 0 Å². The standard InChI is InChI=1S/C10H21N3.ClH/c11-9-2-1-3-10(8-9)13-6-4-12-5-7-13;/h9-10,12H,1-8,11H2;1H/t9-,10+;/m0./s1. The molecule has 0 amide bonds. The second-order valence-corrected chi connectivity index (χ2v) is 4.37. The summed E-state index contributed by atoms with van der Waals surface area (Å²) in [5, 5.41) is 3.39. The highest BCUT2D eigenvalue weighted by molar-refractivity contribution is 5.85. The first-order valence-electron chi connectivity index (χ1n) is 5.56. The molecule has 0 spiro atoms. The van der Waals surface area contributed by atoms with Gasteiger partial charge in [0, 0.05) is 38.3 Å². The Hall–Kier alpha value is 0.170. The van der Waals surface area contributed by atoms with E-state index < -0.39 is 0 Å². The molecule has 2 aliphatic rings. The molecule has 14 heavy (non-hydrogen) atoms. The molecule has 2 fully saturated rings. The summed E-state index contributed by atoms with van der Waals surface area (Å²) in [6.45, 7) is 4.76. The molecule has 1 heterocycles. The van der Waals surface area contributed by atoms with Crippen LogP contribution >= 0.6 is 12.4 Å². The summed E-state index contributed by atoms with van der Waals surface area (Å²) in [6, 6.07) is 1.25. The number of nitrogens with zero attached hydrogens (tertiary/aromatic N) is 1. The van der Waals surface area contributed by atoms with Crippen LogP contribution in [0.4, 0.5) is 0 Å². The number of nitrogens with two attached hydrogens (primary N) is 1. The van der Waals surface area contributed by atoms with Crippen molar-refractivity contribution in [3.63, 3.8) is 0 Å². The number of piperazine rings is 1. The summed E-state index contributed by atoms with van der Waals surface area (Å²) < 4.78 is 0. The Bertz CT molecular complexity index is 159. The Kier molecular flexibility index (Phi) is 5.17. The van der Waals surface area contributed by atoms with Crippen molar-refractivity contribution in [2.24, 2.45) is 5.73 Å². The van der Waals surface area contributed by atoms with Crippen LogP contribution in [0.2, 0.25) is 0 Å². The molecule has 0 bridgehead atoms. The highest BCUT2D eigenvalue weighted by atomic mass is 35.5. The van der Waals surface area contributed by atoms with Crippen LogP contribution in [0.1, 0.15) is 25.7 Å². The SMILES string of the molecule is Cl.N[C@H]1CCC[C@@H](N2CCNCC2)C1. The summed E-state index contributed by atoms with van der Waals surface area (Å²) in [6.07, 6.45) is 5.16. The van der Waals surface area contributed by atoms with E-state index in [2.05, 4.69) is 10.2 Å². The van der Waals surface area contributed by atoms with Gasteiger partial charge in [-0.2, -0.15) is 0 Å². The van der Waals surface area contributed by atoms with E-state index in [4.69, 9.17) is 5.73 Å². The van der Waals surface area contributed by atoms with E-state index in [0.717, 1.165) is 19.1 Å². The minimum atomic E-state index is 0. The van der Waals surface area contributed by atoms with Crippen LogP contribution < -0.4 is 11.1 Å². The summed E-state index contributed by atoms with van der Waals surface area (Å²) in [5.41, 5.74) is 5.99. The molecule has 2 atom stereocenters. The molecule has 0 aromatic carbocycles. The molecule has 1 aliphatic carbocycles. The zero-order chi connectivity index (χ0) is 9.10. The Morgan fingerprint density at radius 2 is 1.86 bits per heavy atom. The van der Waals surface area contributed by atoms with Crippen molar-refractivity contribution in [2.45, 2.75) is 37.8 Å². The van der Waals surface area contributed by atoms with Crippen molar-refractivity contribution in [3.05, 3.63) is 0 Å². The van der Waals surface area contributed by atoms with Crippen molar-refractivity contribution in [2.75, 3.05) is 26.2 Å². The van der Waals surface area contributed by atoms with Crippen LogP contribution in [0.25, 0.3) is 0 Å². The molecule has 0 unspecified atom stereocenters. The summed E-state index contributed by atoms with van der Waals surface area (Å²) in [5.74, 6) is 0. The molecule has 0 radical (unpaired) electrons. The fraction of sp³-hybridized carbons (Fsp3) is 1.00. The molecule has 0 aromatic heterocycles. The molecular formula is C10H22ClN3. The Morgan fingerprint density at radius 1 is 1.14 bits per heavy atom. The fourth-order valence-corrected chi connectivity index (χ4v) is 2.58. The lowest BCUT2D eigenvalue weighted by Gasteiger charge is -2.38. The van der Waals surface area contributed by atoms with Crippen molar-refractivity contribution in [3.8, 4) is 0 Å². The first-order chi connectivity index (χ1) is 6.36.